The topological polar surface area (TPSA) is 21.3 Å². The van der Waals surface area contributed by atoms with Gasteiger partial charge < -0.3 is 10.1 Å². The van der Waals surface area contributed by atoms with Gasteiger partial charge in [0.25, 0.3) is 0 Å². The molecule has 0 aliphatic rings. The Labute approximate surface area is 147 Å². The molecule has 0 saturated carbocycles. The van der Waals surface area contributed by atoms with E-state index in [4.69, 9.17) is 16.3 Å². The van der Waals surface area contributed by atoms with Crippen LogP contribution in [0.5, 0.6) is 5.75 Å². The molecule has 0 aliphatic heterocycles. The van der Waals surface area contributed by atoms with E-state index in [1.54, 1.807) is 0 Å². The summed E-state index contributed by atoms with van der Waals surface area (Å²) in [6, 6.07) is 11.9. The second-order valence-electron chi connectivity index (χ2n) is 4.54. The molecule has 0 heterocycles. The Morgan fingerprint density at radius 1 is 1.10 bits per heavy atom. The van der Waals surface area contributed by atoms with E-state index in [2.05, 4.69) is 43.2 Å². The third-order valence-corrected chi connectivity index (χ3v) is 4.23. The highest BCUT2D eigenvalue weighted by Crippen LogP contribution is 2.33. The van der Waals surface area contributed by atoms with E-state index in [-0.39, 0.29) is 0 Å². The molecule has 2 rings (SSSR count). The number of ether oxygens (including phenoxy) is 1. The summed E-state index contributed by atoms with van der Waals surface area (Å²) in [7, 11) is 0. The van der Waals surface area contributed by atoms with Crippen molar-refractivity contribution < 1.29 is 4.74 Å². The van der Waals surface area contributed by atoms with Crippen LogP contribution in [0.25, 0.3) is 0 Å². The van der Waals surface area contributed by atoms with Gasteiger partial charge in [-0.15, -0.1) is 0 Å². The second kappa shape index (κ2) is 8.18. The van der Waals surface area contributed by atoms with Gasteiger partial charge in [0.2, 0.25) is 0 Å². The number of rotatable bonds is 6. The van der Waals surface area contributed by atoms with Gasteiger partial charge in [0.1, 0.15) is 5.75 Å². The number of nitrogens with one attached hydrogen (secondary N) is 1. The number of hydrogen-bond donors (Lipinski definition) is 1. The van der Waals surface area contributed by atoms with Gasteiger partial charge in [-0.1, -0.05) is 39.7 Å². The lowest BCUT2D eigenvalue weighted by molar-refractivity contribution is 0.333. The smallest absolute Gasteiger partial charge is 0.138 e. The van der Waals surface area contributed by atoms with Crippen molar-refractivity contribution in [2.75, 3.05) is 6.61 Å². The Balaban J connectivity index is 2.03. The van der Waals surface area contributed by atoms with Crippen LogP contribution >= 0.6 is 43.5 Å². The van der Waals surface area contributed by atoms with Gasteiger partial charge in [0.05, 0.1) is 11.1 Å². The summed E-state index contributed by atoms with van der Waals surface area (Å²) < 4.78 is 7.71. The Kier molecular flexibility index (Phi) is 6.55. The minimum absolute atomic E-state index is 0.643. The maximum absolute atomic E-state index is 5.88. The number of halogens is 3. The molecule has 5 heteroatoms. The molecule has 0 fully saturated rings. The first-order chi connectivity index (χ1) is 10.1. The Morgan fingerprint density at radius 3 is 2.48 bits per heavy atom. The Morgan fingerprint density at radius 2 is 1.81 bits per heavy atom. The molecule has 2 aromatic carbocycles. The molecule has 0 aromatic heterocycles. The maximum Gasteiger partial charge on any atom is 0.138 e. The van der Waals surface area contributed by atoms with Crippen LogP contribution in [-0.2, 0) is 13.1 Å². The van der Waals surface area contributed by atoms with E-state index in [9.17, 15) is 0 Å². The Bertz CT molecular complexity index is 602. The fourth-order valence-electron chi connectivity index (χ4n) is 1.99. The highest BCUT2D eigenvalue weighted by molar-refractivity contribution is 9.11. The largest absolute Gasteiger partial charge is 0.492 e. The summed E-state index contributed by atoms with van der Waals surface area (Å²) in [5, 5.41) is 4.18. The first kappa shape index (κ1) is 16.8. The average molecular weight is 434 g/mol. The molecule has 0 saturated heterocycles. The summed E-state index contributed by atoms with van der Waals surface area (Å²) in [5.74, 6) is 0.893. The van der Waals surface area contributed by atoms with Gasteiger partial charge in [-0.2, -0.15) is 0 Å². The van der Waals surface area contributed by atoms with E-state index in [0.29, 0.717) is 6.61 Å². The summed E-state index contributed by atoms with van der Waals surface area (Å²) in [4.78, 5) is 0. The van der Waals surface area contributed by atoms with Crippen molar-refractivity contribution >= 4 is 43.5 Å². The maximum atomic E-state index is 5.88. The monoisotopic (exact) mass is 431 g/mol. The van der Waals surface area contributed by atoms with Gasteiger partial charge in [0, 0.05) is 28.1 Å². The second-order valence-corrected chi connectivity index (χ2v) is 6.75. The van der Waals surface area contributed by atoms with Crippen molar-refractivity contribution in [3.8, 4) is 5.75 Å². The lowest BCUT2D eigenvalue weighted by Crippen LogP contribution is -2.14. The van der Waals surface area contributed by atoms with Gasteiger partial charge >= 0.3 is 0 Å². The average Bonchev–Trinajstić information content (AvgIpc) is 2.44. The SMILES string of the molecule is CCOc1c(Br)cc(Br)cc1CNCc1ccc(Cl)cc1. The fourth-order valence-corrected chi connectivity index (χ4v) is 3.55. The van der Waals surface area contributed by atoms with Crippen molar-refractivity contribution in [1.82, 2.24) is 5.32 Å². The molecule has 0 atom stereocenters. The van der Waals surface area contributed by atoms with Gasteiger partial charge in [-0.05, 0) is 52.7 Å². The zero-order chi connectivity index (χ0) is 15.2. The summed E-state index contributed by atoms with van der Waals surface area (Å²) >= 11 is 12.9. The predicted molar refractivity (Wildman–Crippen MR) is 95.0 cm³/mol. The Hall–Kier alpha value is -0.550. The van der Waals surface area contributed by atoms with Crippen LogP contribution in [0.4, 0.5) is 0 Å². The van der Waals surface area contributed by atoms with Crippen LogP contribution in [0, 0.1) is 0 Å². The lowest BCUT2D eigenvalue weighted by Gasteiger charge is -2.14. The predicted octanol–water partition coefficient (Wildman–Crippen LogP) is 5.55. The molecule has 21 heavy (non-hydrogen) atoms. The van der Waals surface area contributed by atoms with Crippen LogP contribution in [0.15, 0.2) is 45.3 Å². The first-order valence-electron chi connectivity index (χ1n) is 6.66. The minimum atomic E-state index is 0.643. The molecule has 0 radical (unpaired) electrons. The minimum Gasteiger partial charge on any atom is -0.492 e. The highest BCUT2D eigenvalue weighted by Gasteiger charge is 2.09. The molecule has 0 unspecified atom stereocenters. The molecule has 0 aliphatic carbocycles. The summed E-state index contributed by atoms with van der Waals surface area (Å²) in [6.45, 7) is 4.15. The van der Waals surface area contributed by atoms with Crippen LogP contribution < -0.4 is 10.1 Å². The normalized spacial score (nSPS) is 10.7. The van der Waals surface area contributed by atoms with E-state index >= 15 is 0 Å². The lowest BCUT2D eigenvalue weighted by atomic mass is 10.2. The van der Waals surface area contributed by atoms with E-state index < -0.39 is 0 Å². The molecule has 2 aromatic rings. The van der Waals surface area contributed by atoms with E-state index in [0.717, 1.165) is 38.4 Å². The first-order valence-corrected chi connectivity index (χ1v) is 8.62. The van der Waals surface area contributed by atoms with Crippen LogP contribution in [0.2, 0.25) is 5.02 Å². The highest BCUT2D eigenvalue weighted by atomic mass is 79.9. The van der Waals surface area contributed by atoms with Gasteiger partial charge in [-0.3, -0.25) is 0 Å². The van der Waals surface area contributed by atoms with Crippen LogP contribution in [-0.4, -0.2) is 6.61 Å². The molecular formula is C16H16Br2ClNO. The third-order valence-electron chi connectivity index (χ3n) is 2.93. The molecule has 112 valence electrons. The molecule has 2 nitrogen and oxygen atoms in total. The molecule has 0 amide bonds. The third kappa shape index (κ3) is 4.99. The van der Waals surface area contributed by atoms with E-state index in [1.807, 2.05) is 37.3 Å². The molecule has 0 bridgehead atoms. The van der Waals surface area contributed by atoms with Crippen molar-refractivity contribution in [2.45, 2.75) is 20.0 Å². The zero-order valence-corrected chi connectivity index (χ0v) is 15.6. The van der Waals surface area contributed by atoms with Crippen LogP contribution in [0.1, 0.15) is 18.1 Å². The van der Waals surface area contributed by atoms with Crippen molar-refractivity contribution in [1.29, 1.82) is 0 Å². The number of benzene rings is 2. The van der Waals surface area contributed by atoms with Gasteiger partial charge in [-0.25, -0.2) is 0 Å². The molecular weight excluding hydrogens is 417 g/mol. The molecule has 0 spiro atoms. The van der Waals surface area contributed by atoms with Crippen molar-refractivity contribution in [3.05, 3.63) is 61.5 Å². The standard InChI is InChI=1S/C16H16Br2ClNO/c1-2-21-16-12(7-13(17)8-15(16)18)10-20-9-11-3-5-14(19)6-4-11/h3-8,20H,2,9-10H2,1H3. The van der Waals surface area contributed by atoms with Crippen molar-refractivity contribution in [3.63, 3.8) is 0 Å². The van der Waals surface area contributed by atoms with Gasteiger partial charge in [0.15, 0.2) is 0 Å². The molecule has 1 N–H and O–H groups in total. The van der Waals surface area contributed by atoms with Crippen molar-refractivity contribution in [2.24, 2.45) is 0 Å². The summed E-state index contributed by atoms with van der Waals surface area (Å²) in [6.07, 6.45) is 0. The number of hydrogen-bond acceptors (Lipinski definition) is 2. The van der Waals surface area contributed by atoms with Crippen LogP contribution in [0.3, 0.4) is 0 Å². The summed E-state index contributed by atoms with van der Waals surface area (Å²) in [5.41, 5.74) is 2.32. The fraction of sp³-hybridized carbons (Fsp3) is 0.250. The quantitative estimate of drug-likeness (QED) is 0.645. The zero-order valence-electron chi connectivity index (χ0n) is 11.6. The van der Waals surface area contributed by atoms with E-state index in [1.165, 1.54) is 5.56 Å².